The van der Waals surface area contributed by atoms with Crippen LogP contribution in [0.25, 0.3) is 0 Å². The van der Waals surface area contributed by atoms with Crippen LogP contribution in [-0.2, 0) is 33.4 Å². The molecule has 0 unspecified atom stereocenters. The Morgan fingerprint density at radius 2 is 1.58 bits per heavy atom. The zero-order valence-corrected chi connectivity index (χ0v) is 26.2. The van der Waals surface area contributed by atoms with Crippen LogP contribution >= 0.6 is 0 Å². The van der Waals surface area contributed by atoms with Crippen molar-refractivity contribution in [1.29, 1.82) is 0 Å². The number of nitrogens with one attached hydrogen (secondary N) is 2. The summed E-state index contributed by atoms with van der Waals surface area (Å²) in [5.74, 6) is -3.66. The molecule has 3 aliphatic rings. The smallest absolute Gasteiger partial charge is 0.407 e. The van der Waals surface area contributed by atoms with Gasteiger partial charge in [0.15, 0.2) is 5.78 Å². The first kappa shape index (κ1) is 34.3. The molecule has 43 heavy (non-hydrogen) atoms. The van der Waals surface area contributed by atoms with E-state index in [2.05, 4.69) is 20.1 Å². The summed E-state index contributed by atoms with van der Waals surface area (Å²) in [5, 5.41) is 15.5. The van der Waals surface area contributed by atoms with Gasteiger partial charge in [-0.3, -0.25) is 19.2 Å². The van der Waals surface area contributed by atoms with E-state index >= 15 is 0 Å². The van der Waals surface area contributed by atoms with Crippen molar-refractivity contribution >= 4 is 35.6 Å². The monoisotopic (exact) mass is 607 g/mol. The third kappa shape index (κ3) is 8.69. The summed E-state index contributed by atoms with van der Waals surface area (Å²) < 4.78 is 9.35. The number of amides is 3. The highest BCUT2D eigenvalue weighted by molar-refractivity contribution is 5.95. The molecule has 0 aromatic rings. The van der Waals surface area contributed by atoms with Gasteiger partial charge in [0, 0.05) is 25.3 Å². The Morgan fingerprint density at radius 1 is 0.907 bits per heavy atom. The summed E-state index contributed by atoms with van der Waals surface area (Å²) in [5.41, 5.74) is -0.732. The fourth-order valence-electron chi connectivity index (χ4n) is 7.16. The van der Waals surface area contributed by atoms with Crippen molar-refractivity contribution in [3.63, 3.8) is 0 Å². The average Bonchev–Trinajstić information content (AvgIpc) is 3.57. The minimum absolute atomic E-state index is 0.0173. The number of ether oxygens (including phenoxy) is 2. The highest BCUT2D eigenvalue weighted by Crippen LogP contribution is 2.43. The molecule has 3 amide bonds. The number of likely N-dealkylation sites (tertiary alicyclic amines) is 1. The molecule has 242 valence electrons. The number of carbonyl (C=O) groups excluding carboxylic acids is 5. The maximum Gasteiger partial charge on any atom is 0.407 e. The van der Waals surface area contributed by atoms with E-state index in [0.717, 1.165) is 51.4 Å². The lowest BCUT2D eigenvalue weighted by Crippen LogP contribution is -2.58. The molecule has 2 aliphatic carbocycles. The number of aliphatic carboxylic acids is 1. The number of methoxy groups -OCH3 is 2. The van der Waals surface area contributed by atoms with Crippen molar-refractivity contribution in [2.45, 2.75) is 110 Å². The number of carboxylic acid groups (broad SMARTS) is 1. The van der Waals surface area contributed by atoms with Gasteiger partial charge < -0.3 is 30.1 Å². The van der Waals surface area contributed by atoms with Gasteiger partial charge in [-0.1, -0.05) is 46.5 Å². The van der Waals surface area contributed by atoms with E-state index in [9.17, 15) is 33.9 Å². The van der Waals surface area contributed by atoms with Crippen molar-refractivity contribution < 1.29 is 43.3 Å². The first-order valence-corrected chi connectivity index (χ1v) is 15.6. The number of alkyl carbamates (subject to hydrolysis) is 1. The third-order valence-corrected chi connectivity index (χ3v) is 9.53. The Bertz CT molecular complexity index is 1050. The van der Waals surface area contributed by atoms with Crippen LogP contribution in [0.5, 0.6) is 0 Å². The zero-order chi connectivity index (χ0) is 31.9. The van der Waals surface area contributed by atoms with Crippen molar-refractivity contribution in [3.05, 3.63) is 0 Å². The number of ketones is 1. The molecule has 3 fully saturated rings. The zero-order valence-electron chi connectivity index (χ0n) is 26.2. The summed E-state index contributed by atoms with van der Waals surface area (Å²) in [7, 11) is 2.40. The molecule has 12 heteroatoms. The predicted molar refractivity (Wildman–Crippen MR) is 156 cm³/mol. The molecule has 0 radical (unpaired) electrons. The first-order chi connectivity index (χ1) is 20.3. The van der Waals surface area contributed by atoms with E-state index in [1.165, 1.54) is 19.1 Å². The molecule has 12 nitrogen and oxygen atoms in total. The third-order valence-electron chi connectivity index (χ3n) is 9.53. The van der Waals surface area contributed by atoms with Crippen LogP contribution in [0.2, 0.25) is 0 Å². The van der Waals surface area contributed by atoms with Crippen LogP contribution in [0.1, 0.15) is 91.4 Å². The van der Waals surface area contributed by atoms with Gasteiger partial charge in [-0.2, -0.15) is 0 Å². The molecule has 3 rings (SSSR count). The highest BCUT2D eigenvalue weighted by atomic mass is 16.5. The standard InChI is InChI=1S/C31H49N3O9/c1-31(2,3)26(28(38)34-17-19-12-9-13-20(19)25(34)29(39)40)33-27(37)21(18-10-7-6-8-11-18)16-23(35)22(32-30(41)43-5)14-15-24(36)42-4/h18-22,25-26H,6-17H2,1-5H3,(H,32,41)(H,33,37)(H,39,40)/t19-,20-,21-,22-,25-,26+/m0/s1. The SMILES string of the molecule is COC(=O)CC[C@H](NC(=O)OC)C(=O)C[C@H](C(=O)N[C@H](C(=O)N1C[C@@H]2CCC[C@@H]2[C@H]1C(=O)O)C(C)(C)C)C1CCCCC1. The van der Waals surface area contributed by atoms with Gasteiger partial charge in [0.25, 0.3) is 0 Å². The quantitative estimate of drug-likeness (QED) is 0.282. The van der Waals surface area contributed by atoms with E-state index < -0.39 is 65.1 Å². The first-order valence-electron chi connectivity index (χ1n) is 15.6. The van der Waals surface area contributed by atoms with Gasteiger partial charge in [0.2, 0.25) is 11.8 Å². The van der Waals surface area contributed by atoms with E-state index in [1.54, 1.807) is 0 Å². The van der Waals surface area contributed by atoms with Gasteiger partial charge in [-0.25, -0.2) is 9.59 Å². The Hall–Kier alpha value is -3.18. The van der Waals surface area contributed by atoms with Gasteiger partial charge in [-0.15, -0.1) is 0 Å². The summed E-state index contributed by atoms with van der Waals surface area (Å²) in [6.07, 6.45) is 5.78. The number of Topliss-reactive ketones (excluding diaryl/α,β-unsaturated/α-hetero) is 1. The number of carboxylic acids is 1. The Balaban J connectivity index is 1.84. The van der Waals surface area contributed by atoms with Crippen LogP contribution in [-0.4, -0.2) is 84.5 Å². The number of rotatable bonds is 12. The molecule has 1 heterocycles. The summed E-state index contributed by atoms with van der Waals surface area (Å²) in [6, 6.07) is -2.98. The Labute approximate surface area is 254 Å². The second-order valence-corrected chi connectivity index (χ2v) is 13.4. The predicted octanol–water partition coefficient (Wildman–Crippen LogP) is 3.06. The lowest BCUT2D eigenvalue weighted by molar-refractivity contribution is -0.152. The van der Waals surface area contributed by atoms with Crippen LogP contribution in [0.4, 0.5) is 4.79 Å². The molecule has 0 aromatic carbocycles. The summed E-state index contributed by atoms with van der Waals surface area (Å²) >= 11 is 0. The number of esters is 1. The highest BCUT2D eigenvalue weighted by Gasteiger charge is 2.52. The van der Waals surface area contributed by atoms with Crippen LogP contribution in [0.15, 0.2) is 0 Å². The van der Waals surface area contributed by atoms with Gasteiger partial charge >= 0.3 is 18.0 Å². The average molecular weight is 608 g/mol. The van der Waals surface area contributed by atoms with Crippen LogP contribution in [0.3, 0.4) is 0 Å². The molecule has 0 aromatic heterocycles. The Morgan fingerprint density at radius 3 is 2.16 bits per heavy atom. The van der Waals surface area contributed by atoms with E-state index in [-0.39, 0.29) is 37.0 Å². The maximum absolute atomic E-state index is 14.0. The molecular formula is C31H49N3O9. The maximum atomic E-state index is 14.0. The lowest BCUT2D eigenvalue weighted by atomic mass is 9.76. The fraction of sp³-hybridized carbons (Fsp3) is 0.806. The number of hydrogen-bond acceptors (Lipinski definition) is 8. The lowest BCUT2D eigenvalue weighted by Gasteiger charge is -2.37. The van der Waals surface area contributed by atoms with Crippen LogP contribution in [0, 0.1) is 29.1 Å². The number of nitrogens with zero attached hydrogens (tertiary/aromatic N) is 1. The normalized spacial score (nSPS) is 24.3. The summed E-state index contributed by atoms with van der Waals surface area (Å²) in [6.45, 7) is 5.83. The molecule has 1 saturated heterocycles. The number of carbonyl (C=O) groups is 6. The van der Waals surface area contributed by atoms with E-state index in [0.29, 0.717) is 6.54 Å². The fourth-order valence-corrected chi connectivity index (χ4v) is 7.16. The minimum atomic E-state index is -1.06. The van der Waals surface area contributed by atoms with Crippen molar-refractivity contribution in [3.8, 4) is 0 Å². The largest absolute Gasteiger partial charge is 0.480 e. The minimum Gasteiger partial charge on any atom is -0.480 e. The van der Waals surface area contributed by atoms with Gasteiger partial charge in [0.1, 0.15) is 12.1 Å². The Kier molecular flexibility index (Phi) is 12.0. The molecule has 1 aliphatic heterocycles. The molecular weight excluding hydrogens is 558 g/mol. The number of fused-ring (bicyclic) bond motifs is 1. The molecule has 3 N–H and O–H groups in total. The van der Waals surface area contributed by atoms with E-state index in [4.69, 9.17) is 0 Å². The summed E-state index contributed by atoms with van der Waals surface area (Å²) in [4.78, 5) is 79.1. The van der Waals surface area contributed by atoms with Gasteiger partial charge in [0.05, 0.1) is 20.3 Å². The van der Waals surface area contributed by atoms with E-state index in [1.807, 2.05) is 20.8 Å². The van der Waals surface area contributed by atoms with Crippen molar-refractivity contribution in [1.82, 2.24) is 15.5 Å². The van der Waals surface area contributed by atoms with Crippen LogP contribution < -0.4 is 10.6 Å². The topological polar surface area (TPSA) is 168 Å². The molecule has 0 spiro atoms. The second kappa shape index (κ2) is 15.0. The molecule has 0 bridgehead atoms. The van der Waals surface area contributed by atoms with Gasteiger partial charge in [-0.05, 0) is 55.3 Å². The van der Waals surface area contributed by atoms with Crippen molar-refractivity contribution in [2.24, 2.45) is 29.1 Å². The molecule has 6 atom stereocenters. The molecule has 2 saturated carbocycles. The second-order valence-electron chi connectivity index (χ2n) is 13.4. The van der Waals surface area contributed by atoms with Crippen molar-refractivity contribution in [2.75, 3.05) is 20.8 Å². The number of hydrogen-bond donors (Lipinski definition) is 3.